The highest BCUT2D eigenvalue weighted by atomic mass is 35.5. The molecule has 0 radical (unpaired) electrons. The fourth-order valence-electron chi connectivity index (χ4n) is 2.69. The van der Waals surface area contributed by atoms with Crippen molar-refractivity contribution in [1.29, 1.82) is 0 Å². The predicted octanol–water partition coefficient (Wildman–Crippen LogP) is 5.52. The van der Waals surface area contributed by atoms with E-state index in [1.54, 1.807) is 0 Å². The standard InChI is InChI=1S/C14H11Cl2F5/c1-14(2)6(7(14)4-8(15)16)3-5-9(17)11(19)13(21)12(20)10(5)18/h4,6-7H,3H2,1-2H3. The third-order valence-corrected chi connectivity index (χ3v) is 4.42. The minimum Gasteiger partial charge on any atom is -0.203 e. The van der Waals surface area contributed by atoms with Gasteiger partial charge >= 0.3 is 0 Å². The van der Waals surface area contributed by atoms with E-state index in [0.717, 1.165) is 0 Å². The van der Waals surface area contributed by atoms with Gasteiger partial charge in [0.25, 0.3) is 0 Å². The summed E-state index contributed by atoms with van der Waals surface area (Å²) in [7, 11) is 0. The number of rotatable bonds is 3. The Hall–Kier alpha value is -0.810. The molecule has 2 atom stereocenters. The van der Waals surface area contributed by atoms with E-state index in [2.05, 4.69) is 0 Å². The van der Waals surface area contributed by atoms with Gasteiger partial charge in [-0.05, 0) is 23.7 Å². The third-order valence-electron chi connectivity index (χ3n) is 4.17. The lowest BCUT2D eigenvalue weighted by molar-refractivity contribution is 0.366. The molecule has 1 aromatic rings. The Morgan fingerprint density at radius 3 is 1.81 bits per heavy atom. The molecule has 1 saturated carbocycles. The Morgan fingerprint density at radius 2 is 1.38 bits per heavy atom. The molecule has 1 fully saturated rings. The quantitative estimate of drug-likeness (QED) is 0.385. The van der Waals surface area contributed by atoms with Crippen LogP contribution in [0.5, 0.6) is 0 Å². The molecule has 0 nitrogen and oxygen atoms in total. The topological polar surface area (TPSA) is 0 Å². The maximum Gasteiger partial charge on any atom is 0.200 e. The van der Waals surface area contributed by atoms with Crippen molar-refractivity contribution in [3.8, 4) is 0 Å². The maximum atomic E-state index is 13.6. The van der Waals surface area contributed by atoms with E-state index in [9.17, 15) is 22.0 Å². The molecule has 2 rings (SSSR count). The van der Waals surface area contributed by atoms with E-state index in [1.165, 1.54) is 6.08 Å². The van der Waals surface area contributed by atoms with E-state index in [0.29, 0.717) is 0 Å². The van der Waals surface area contributed by atoms with Crippen molar-refractivity contribution in [3.05, 3.63) is 45.2 Å². The van der Waals surface area contributed by atoms with Crippen molar-refractivity contribution in [2.45, 2.75) is 20.3 Å². The van der Waals surface area contributed by atoms with E-state index >= 15 is 0 Å². The second kappa shape index (κ2) is 5.43. The Bertz CT molecular complexity index is 591. The van der Waals surface area contributed by atoms with Gasteiger partial charge in [-0.3, -0.25) is 0 Å². The van der Waals surface area contributed by atoms with Crippen molar-refractivity contribution < 1.29 is 22.0 Å². The van der Waals surface area contributed by atoms with E-state index in [-0.39, 0.29) is 28.2 Å². The van der Waals surface area contributed by atoms with Gasteiger partial charge in [0.15, 0.2) is 23.3 Å². The van der Waals surface area contributed by atoms with E-state index < -0.39 is 34.6 Å². The third kappa shape index (κ3) is 2.78. The van der Waals surface area contributed by atoms with Gasteiger partial charge in [-0.15, -0.1) is 0 Å². The second-order valence-corrected chi connectivity index (χ2v) is 6.67. The molecule has 0 amide bonds. The lowest BCUT2D eigenvalue weighted by Crippen LogP contribution is -2.09. The van der Waals surface area contributed by atoms with Crippen LogP contribution in [-0.2, 0) is 6.42 Å². The molecule has 0 bridgehead atoms. The molecule has 0 aliphatic heterocycles. The van der Waals surface area contributed by atoms with E-state index in [4.69, 9.17) is 23.2 Å². The first-order chi connectivity index (χ1) is 9.59. The van der Waals surface area contributed by atoms with Crippen LogP contribution in [0, 0.1) is 46.3 Å². The van der Waals surface area contributed by atoms with Crippen LogP contribution in [0.4, 0.5) is 22.0 Å². The van der Waals surface area contributed by atoms with Crippen LogP contribution in [0.25, 0.3) is 0 Å². The minimum atomic E-state index is -2.15. The number of halogens is 7. The average molecular weight is 345 g/mol. The fourth-order valence-corrected chi connectivity index (χ4v) is 2.96. The molecule has 0 spiro atoms. The van der Waals surface area contributed by atoms with Gasteiger partial charge in [-0.1, -0.05) is 43.1 Å². The van der Waals surface area contributed by atoms with Gasteiger partial charge in [-0.2, -0.15) is 0 Å². The zero-order valence-corrected chi connectivity index (χ0v) is 12.6. The second-order valence-electron chi connectivity index (χ2n) is 5.66. The predicted molar refractivity (Wildman–Crippen MR) is 70.5 cm³/mol. The van der Waals surface area contributed by atoms with Crippen LogP contribution in [0.15, 0.2) is 10.6 Å². The monoisotopic (exact) mass is 344 g/mol. The van der Waals surface area contributed by atoms with E-state index in [1.807, 2.05) is 13.8 Å². The molecule has 0 heterocycles. The molecule has 21 heavy (non-hydrogen) atoms. The van der Waals surface area contributed by atoms with Crippen molar-refractivity contribution in [2.75, 3.05) is 0 Å². The average Bonchev–Trinajstić information content (AvgIpc) is 2.89. The first-order valence-electron chi connectivity index (χ1n) is 6.12. The molecule has 0 N–H and O–H groups in total. The molecule has 1 aliphatic carbocycles. The molecule has 7 heteroatoms. The minimum absolute atomic E-state index is 0.00739. The first kappa shape index (κ1) is 16.6. The summed E-state index contributed by atoms with van der Waals surface area (Å²) >= 11 is 11.1. The summed E-state index contributed by atoms with van der Waals surface area (Å²) in [6.07, 6.45) is 1.24. The van der Waals surface area contributed by atoms with Crippen molar-refractivity contribution in [3.63, 3.8) is 0 Å². The SMILES string of the molecule is CC1(C)C(C=C(Cl)Cl)C1Cc1c(F)c(F)c(F)c(F)c1F. The fraction of sp³-hybridized carbons (Fsp3) is 0.429. The van der Waals surface area contributed by atoms with Crippen LogP contribution < -0.4 is 0 Å². The Balaban J connectivity index is 2.36. The Labute approximate surface area is 128 Å². The van der Waals surface area contributed by atoms with Gasteiger partial charge in [-0.25, -0.2) is 22.0 Å². The highest BCUT2D eigenvalue weighted by Gasteiger charge is 2.56. The smallest absolute Gasteiger partial charge is 0.200 e. The van der Waals surface area contributed by atoms with Crippen LogP contribution >= 0.6 is 23.2 Å². The summed E-state index contributed by atoms with van der Waals surface area (Å²) in [6, 6.07) is 0. The number of benzene rings is 1. The largest absolute Gasteiger partial charge is 0.203 e. The lowest BCUT2D eigenvalue weighted by atomic mass is 10.0. The summed E-state index contributed by atoms with van der Waals surface area (Å²) < 4.78 is 66.6. The molecular formula is C14H11Cl2F5. The summed E-state index contributed by atoms with van der Waals surface area (Å²) in [6.45, 7) is 3.61. The Kier molecular flexibility index (Phi) is 4.28. The van der Waals surface area contributed by atoms with Gasteiger partial charge < -0.3 is 0 Å². The molecular weight excluding hydrogens is 334 g/mol. The zero-order chi connectivity index (χ0) is 16.1. The molecule has 2 unspecified atom stereocenters. The van der Waals surface area contributed by atoms with Crippen LogP contribution in [0.1, 0.15) is 19.4 Å². The van der Waals surface area contributed by atoms with Gasteiger partial charge in [0.1, 0.15) is 4.49 Å². The van der Waals surface area contributed by atoms with Gasteiger partial charge in [0.2, 0.25) is 5.82 Å². The molecule has 0 aromatic heterocycles. The highest BCUT2D eigenvalue weighted by Crippen LogP contribution is 2.61. The number of allylic oxidation sites excluding steroid dienone is 1. The summed E-state index contributed by atoms with van der Waals surface area (Å²) in [5, 5.41) is 0. The normalized spacial score (nSPS) is 23.1. The van der Waals surface area contributed by atoms with Crippen LogP contribution in [0.3, 0.4) is 0 Å². The molecule has 1 aromatic carbocycles. The summed E-state index contributed by atoms with van der Waals surface area (Å²) in [5.74, 6) is -10.1. The summed E-state index contributed by atoms with van der Waals surface area (Å²) in [5.41, 5.74) is -1.18. The molecule has 116 valence electrons. The van der Waals surface area contributed by atoms with Crippen LogP contribution in [0.2, 0.25) is 0 Å². The van der Waals surface area contributed by atoms with Crippen LogP contribution in [-0.4, -0.2) is 0 Å². The number of hydrogen-bond acceptors (Lipinski definition) is 0. The van der Waals surface area contributed by atoms with Crippen molar-refractivity contribution in [1.82, 2.24) is 0 Å². The summed E-state index contributed by atoms with van der Waals surface area (Å²) in [4.78, 5) is 0. The maximum absolute atomic E-state index is 13.6. The molecule has 1 aliphatic rings. The van der Waals surface area contributed by atoms with Crippen molar-refractivity contribution >= 4 is 23.2 Å². The van der Waals surface area contributed by atoms with Gasteiger partial charge in [0, 0.05) is 5.56 Å². The zero-order valence-electron chi connectivity index (χ0n) is 11.1. The highest BCUT2D eigenvalue weighted by molar-refractivity contribution is 6.55. The molecule has 0 saturated heterocycles. The first-order valence-corrected chi connectivity index (χ1v) is 6.87. The van der Waals surface area contributed by atoms with Gasteiger partial charge in [0.05, 0.1) is 0 Å². The number of hydrogen-bond donors (Lipinski definition) is 0. The van der Waals surface area contributed by atoms with Crippen molar-refractivity contribution in [2.24, 2.45) is 17.3 Å². The Morgan fingerprint density at radius 1 is 0.952 bits per heavy atom. The lowest BCUT2D eigenvalue weighted by Gasteiger charge is -2.08.